The van der Waals surface area contributed by atoms with Gasteiger partial charge >= 0.3 is 0 Å². The number of anilines is 1. The van der Waals surface area contributed by atoms with Crippen LogP contribution < -0.4 is 10.2 Å². The van der Waals surface area contributed by atoms with Crippen LogP contribution in [0.3, 0.4) is 0 Å². The lowest BCUT2D eigenvalue weighted by Gasteiger charge is -2.18. The molecule has 1 aliphatic heterocycles. The lowest BCUT2D eigenvalue weighted by Crippen LogP contribution is -2.31. The Balaban J connectivity index is 2.05. The molecule has 2 aromatic carbocycles. The summed E-state index contributed by atoms with van der Waals surface area (Å²) < 4.78 is 0. The van der Waals surface area contributed by atoms with Crippen molar-refractivity contribution in [1.82, 2.24) is 5.32 Å². The Morgan fingerprint density at radius 2 is 1.85 bits per heavy atom. The van der Waals surface area contributed by atoms with Crippen LogP contribution in [0.4, 0.5) is 5.69 Å². The summed E-state index contributed by atoms with van der Waals surface area (Å²) in [7, 11) is 1.47. The maximum atomic E-state index is 13.2. The quantitative estimate of drug-likeness (QED) is 0.656. The molecule has 5 nitrogen and oxygen atoms in total. The topological polar surface area (TPSA) is 73.2 Å². The highest BCUT2D eigenvalue weighted by Gasteiger charge is 2.40. The van der Waals surface area contributed by atoms with Crippen LogP contribution in [0.25, 0.3) is 0 Å². The van der Waals surface area contributed by atoms with Crippen molar-refractivity contribution in [3.63, 3.8) is 0 Å². The first kappa shape index (κ1) is 18.7. The highest BCUT2D eigenvalue weighted by Crippen LogP contribution is 2.41. The van der Waals surface area contributed by atoms with E-state index in [1.807, 2.05) is 55.5 Å². The van der Waals surface area contributed by atoms with Gasteiger partial charge in [-0.15, -0.1) is 0 Å². The summed E-state index contributed by atoms with van der Waals surface area (Å²) in [6.45, 7) is 2.01. The van der Waals surface area contributed by atoms with E-state index < -0.39 is 11.2 Å². The Bertz CT molecular complexity index is 947. The summed E-state index contributed by atoms with van der Waals surface area (Å²) in [5.41, 5.74) is 2.79. The molecule has 1 fully saturated rings. The molecule has 0 saturated carbocycles. The third-order valence-electron chi connectivity index (χ3n) is 4.41. The molecule has 1 saturated heterocycles. The van der Waals surface area contributed by atoms with Gasteiger partial charge in [0.2, 0.25) is 5.91 Å². The minimum absolute atomic E-state index is 0.0491. The van der Waals surface area contributed by atoms with E-state index in [0.29, 0.717) is 17.1 Å². The number of thioether (sulfide) groups is 1. The van der Waals surface area contributed by atoms with E-state index in [2.05, 4.69) is 5.32 Å². The van der Waals surface area contributed by atoms with Crippen molar-refractivity contribution in [1.29, 1.82) is 5.26 Å². The van der Waals surface area contributed by atoms with E-state index in [4.69, 9.17) is 0 Å². The Hall–Kier alpha value is -3.04. The van der Waals surface area contributed by atoms with Crippen LogP contribution in [0, 0.1) is 18.3 Å². The Morgan fingerprint density at radius 3 is 2.48 bits per heavy atom. The van der Waals surface area contributed by atoms with Gasteiger partial charge in [0.25, 0.3) is 5.91 Å². The molecule has 2 amide bonds. The van der Waals surface area contributed by atoms with Crippen molar-refractivity contribution >= 4 is 29.3 Å². The van der Waals surface area contributed by atoms with Crippen LogP contribution in [0.5, 0.6) is 0 Å². The third-order valence-corrected chi connectivity index (χ3v) is 5.68. The largest absolute Gasteiger partial charge is 0.354 e. The zero-order valence-electron chi connectivity index (χ0n) is 15.1. The number of likely N-dealkylation sites (N-methyl/N-ethyl adjacent to an activating group) is 1. The van der Waals surface area contributed by atoms with Crippen molar-refractivity contribution in [2.75, 3.05) is 11.9 Å². The molecule has 0 aromatic heterocycles. The van der Waals surface area contributed by atoms with Crippen LogP contribution in [0.1, 0.15) is 11.1 Å². The first-order chi connectivity index (χ1) is 13.1. The Morgan fingerprint density at radius 1 is 1.19 bits per heavy atom. The predicted octanol–water partition coefficient (Wildman–Crippen LogP) is 3.17. The minimum Gasteiger partial charge on any atom is -0.354 e. The molecule has 0 aliphatic carbocycles. The van der Waals surface area contributed by atoms with Crippen LogP contribution in [0.2, 0.25) is 0 Å². The summed E-state index contributed by atoms with van der Waals surface area (Å²) in [4.78, 5) is 26.9. The monoisotopic (exact) mass is 377 g/mol. The third kappa shape index (κ3) is 3.74. The number of carbonyl (C=O) groups excluding carboxylic acids is 2. The number of rotatable bonds is 4. The molecular formula is C21H19N3O2S. The normalized spacial score (nSPS) is 18.2. The lowest BCUT2D eigenvalue weighted by atomic mass is 10.0. The molecule has 3 rings (SSSR count). The molecule has 1 heterocycles. The second-order valence-corrected chi connectivity index (χ2v) is 7.31. The van der Waals surface area contributed by atoms with Gasteiger partial charge in [-0.1, -0.05) is 54.2 Å². The van der Waals surface area contributed by atoms with E-state index in [9.17, 15) is 14.9 Å². The summed E-state index contributed by atoms with van der Waals surface area (Å²) in [6.07, 6.45) is 0.537. The number of nitrogens with one attached hydrogen (secondary N) is 1. The standard InChI is InChI=1S/C21H19N3O2S/c1-14-8-6-7-9-15(14)12-18-20(26)24(16-10-4-3-5-11-16)21(27-18)17(13-22)19(25)23-2/h3-11,18H,12H2,1-2H3,(H,23,25)/b21-17-/t18-/m0/s1. The molecule has 0 bridgehead atoms. The zero-order chi connectivity index (χ0) is 19.4. The smallest absolute Gasteiger partial charge is 0.264 e. The molecule has 6 heteroatoms. The Labute approximate surface area is 162 Å². The summed E-state index contributed by atoms with van der Waals surface area (Å²) >= 11 is 1.27. The lowest BCUT2D eigenvalue weighted by molar-refractivity contribution is -0.117. The zero-order valence-corrected chi connectivity index (χ0v) is 15.9. The fourth-order valence-electron chi connectivity index (χ4n) is 2.96. The maximum Gasteiger partial charge on any atom is 0.264 e. The van der Waals surface area contributed by atoms with Gasteiger partial charge in [0.05, 0.1) is 5.25 Å². The van der Waals surface area contributed by atoms with Crippen molar-refractivity contribution in [3.8, 4) is 6.07 Å². The highest BCUT2D eigenvalue weighted by molar-refractivity contribution is 8.05. The van der Waals surface area contributed by atoms with E-state index in [0.717, 1.165) is 11.1 Å². The number of nitriles is 1. The average molecular weight is 377 g/mol. The number of carbonyl (C=O) groups is 2. The second kappa shape index (κ2) is 8.11. The Kier molecular flexibility index (Phi) is 5.63. The number of aryl methyl sites for hydroxylation is 1. The van der Waals surface area contributed by atoms with Gasteiger partial charge in [0.1, 0.15) is 16.7 Å². The van der Waals surface area contributed by atoms with Crippen LogP contribution in [-0.2, 0) is 16.0 Å². The van der Waals surface area contributed by atoms with Crippen molar-refractivity contribution in [2.45, 2.75) is 18.6 Å². The van der Waals surface area contributed by atoms with Gasteiger partial charge < -0.3 is 5.32 Å². The molecular weight excluding hydrogens is 358 g/mol. The van der Waals surface area contributed by atoms with E-state index in [1.54, 1.807) is 12.1 Å². The number of hydrogen-bond acceptors (Lipinski definition) is 4. The first-order valence-electron chi connectivity index (χ1n) is 8.53. The molecule has 1 aliphatic rings. The van der Waals surface area contributed by atoms with Crippen molar-refractivity contribution in [3.05, 3.63) is 76.3 Å². The molecule has 0 spiro atoms. The molecule has 136 valence electrons. The first-order valence-corrected chi connectivity index (χ1v) is 9.41. The summed E-state index contributed by atoms with van der Waals surface area (Å²) in [6, 6.07) is 19.0. The minimum atomic E-state index is -0.495. The molecule has 1 atom stereocenters. The van der Waals surface area contributed by atoms with Gasteiger partial charge in [-0.25, -0.2) is 0 Å². The number of para-hydroxylation sites is 1. The molecule has 27 heavy (non-hydrogen) atoms. The predicted molar refractivity (Wildman–Crippen MR) is 107 cm³/mol. The van der Waals surface area contributed by atoms with Gasteiger partial charge in [-0.2, -0.15) is 5.26 Å². The number of benzene rings is 2. The number of amides is 2. The highest BCUT2D eigenvalue weighted by atomic mass is 32.2. The fraction of sp³-hybridized carbons (Fsp3) is 0.190. The van der Waals surface area contributed by atoms with Gasteiger partial charge in [-0.3, -0.25) is 14.5 Å². The number of nitrogens with zero attached hydrogens (tertiary/aromatic N) is 2. The molecule has 1 N–H and O–H groups in total. The molecule has 0 radical (unpaired) electrons. The SMILES string of the molecule is CNC(=O)/C(C#N)=C1\S[C@@H](Cc2ccccc2C)C(=O)N1c1ccccc1. The van der Waals surface area contributed by atoms with E-state index in [1.165, 1.54) is 23.7 Å². The van der Waals surface area contributed by atoms with Crippen molar-refractivity contribution < 1.29 is 9.59 Å². The van der Waals surface area contributed by atoms with Gasteiger partial charge in [0, 0.05) is 12.7 Å². The molecule has 0 unspecified atom stereocenters. The van der Waals surface area contributed by atoms with Gasteiger partial charge in [-0.05, 0) is 36.6 Å². The number of hydrogen-bond donors (Lipinski definition) is 1. The molecule has 2 aromatic rings. The van der Waals surface area contributed by atoms with Crippen molar-refractivity contribution in [2.24, 2.45) is 0 Å². The van der Waals surface area contributed by atoms with E-state index >= 15 is 0 Å². The second-order valence-electron chi connectivity index (χ2n) is 6.12. The van der Waals surface area contributed by atoms with Crippen LogP contribution in [-0.4, -0.2) is 24.1 Å². The average Bonchev–Trinajstić information content (AvgIpc) is 3.00. The maximum absolute atomic E-state index is 13.2. The summed E-state index contributed by atoms with van der Waals surface area (Å²) in [5, 5.41) is 12.0. The summed E-state index contributed by atoms with van der Waals surface area (Å²) in [5.74, 6) is -0.619. The van der Waals surface area contributed by atoms with Crippen LogP contribution in [0.15, 0.2) is 65.2 Å². The fourth-order valence-corrected chi connectivity index (χ4v) is 4.26. The van der Waals surface area contributed by atoms with Crippen LogP contribution >= 0.6 is 11.8 Å². The van der Waals surface area contributed by atoms with E-state index in [-0.39, 0.29) is 11.5 Å². The van der Waals surface area contributed by atoms with Gasteiger partial charge in [0.15, 0.2) is 0 Å².